The number of hydrogen-bond donors (Lipinski definition) is 0. The maximum absolute atomic E-state index is 13.0. The van der Waals surface area contributed by atoms with E-state index in [0.717, 1.165) is 4.90 Å². The number of carbonyl (C=O) groups excluding carboxylic acids is 2. The smallest absolute Gasteiger partial charge is 0.281 e. The third kappa shape index (κ3) is 2.77. The topological polar surface area (TPSA) is 111 Å². The number of methoxy groups -OCH3 is 1. The van der Waals surface area contributed by atoms with Gasteiger partial charge in [0.05, 0.1) is 29.9 Å². The van der Waals surface area contributed by atoms with E-state index >= 15 is 0 Å². The van der Waals surface area contributed by atoms with E-state index in [1.807, 2.05) is 0 Å². The van der Waals surface area contributed by atoms with Gasteiger partial charge in [-0.25, -0.2) is 4.90 Å². The molecular weight excluding hydrogens is 366 g/mol. The lowest BCUT2D eigenvalue weighted by atomic mass is 9.92. The van der Waals surface area contributed by atoms with Gasteiger partial charge in [0.25, 0.3) is 11.6 Å². The molecule has 1 fully saturated rings. The molecule has 9 heteroatoms. The predicted molar refractivity (Wildman–Crippen MR) is 98.2 cm³/mol. The van der Waals surface area contributed by atoms with Gasteiger partial charge in [-0.3, -0.25) is 19.7 Å². The van der Waals surface area contributed by atoms with Gasteiger partial charge in [0, 0.05) is 18.6 Å². The van der Waals surface area contributed by atoms with E-state index in [1.165, 1.54) is 19.2 Å². The second kappa shape index (κ2) is 6.45. The normalized spacial score (nSPS) is 21.0. The number of non-ortho nitro benzene ring substituents is 1. The van der Waals surface area contributed by atoms with Crippen LogP contribution in [0.5, 0.6) is 5.75 Å². The van der Waals surface area contributed by atoms with Gasteiger partial charge in [0.1, 0.15) is 5.75 Å². The third-order valence-electron chi connectivity index (χ3n) is 4.80. The highest BCUT2D eigenvalue weighted by Gasteiger charge is 2.58. The number of benzene rings is 2. The average molecular weight is 381 g/mol. The van der Waals surface area contributed by atoms with Crippen LogP contribution in [0.25, 0.3) is 0 Å². The van der Waals surface area contributed by atoms with Crippen molar-refractivity contribution in [2.75, 3.05) is 12.0 Å². The molecule has 4 rings (SSSR count). The number of ether oxygens (including phenoxy) is 1. The van der Waals surface area contributed by atoms with Crippen molar-refractivity contribution in [2.24, 2.45) is 5.16 Å². The maximum Gasteiger partial charge on any atom is 0.281 e. The summed E-state index contributed by atoms with van der Waals surface area (Å²) < 4.78 is 5.09. The summed E-state index contributed by atoms with van der Waals surface area (Å²) >= 11 is 0. The number of imide groups is 1. The average Bonchev–Trinajstić information content (AvgIpc) is 3.23. The van der Waals surface area contributed by atoms with Gasteiger partial charge in [-0.1, -0.05) is 5.16 Å². The van der Waals surface area contributed by atoms with Crippen molar-refractivity contribution < 1.29 is 24.1 Å². The quantitative estimate of drug-likeness (QED) is 0.457. The number of nitro benzene ring substituents is 1. The monoisotopic (exact) mass is 381 g/mol. The Bertz CT molecular complexity index is 999. The van der Waals surface area contributed by atoms with Crippen LogP contribution < -0.4 is 9.64 Å². The van der Waals surface area contributed by atoms with Crippen molar-refractivity contribution in [3.8, 4) is 5.75 Å². The van der Waals surface area contributed by atoms with Gasteiger partial charge >= 0.3 is 0 Å². The zero-order valence-corrected chi connectivity index (χ0v) is 14.8. The summed E-state index contributed by atoms with van der Waals surface area (Å²) in [4.78, 5) is 42.4. The molecule has 0 saturated carbocycles. The van der Waals surface area contributed by atoms with Crippen LogP contribution in [-0.2, 0) is 14.4 Å². The van der Waals surface area contributed by atoms with Gasteiger partial charge < -0.3 is 9.57 Å². The van der Waals surface area contributed by atoms with E-state index in [1.54, 1.807) is 36.4 Å². The third-order valence-corrected chi connectivity index (χ3v) is 4.80. The maximum atomic E-state index is 13.0. The van der Waals surface area contributed by atoms with Crippen LogP contribution in [0.3, 0.4) is 0 Å². The van der Waals surface area contributed by atoms with Crippen LogP contribution in [0.1, 0.15) is 18.4 Å². The standard InChI is InChI=1S/C19H15N3O6/c1-27-15-8-6-13(7-9-15)21-17(23)11-19(18(21)24)10-16(20-28-19)12-2-4-14(5-3-12)22(25)26/h2-9H,10-11H2,1H3/t19-/m0/s1. The summed E-state index contributed by atoms with van der Waals surface area (Å²) in [5, 5.41) is 14.8. The van der Waals surface area contributed by atoms with Crippen molar-refractivity contribution in [1.29, 1.82) is 0 Å². The number of oxime groups is 1. The Morgan fingerprint density at radius 3 is 2.39 bits per heavy atom. The van der Waals surface area contributed by atoms with E-state index in [9.17, 15) is 19.7 Å². The molecule has 2 heterocycles. The van der Waals surface area contributed by atoms with E-state index in [0.29, 0.717) is 22.7 Å². The Kier molecular flexibility index (Phi) is 4.07. The van der Waals surface area contributed by atoms with Crippen LogP contribution in [0, 0.1) is 10.1 Å². The Balaban J connectivity index is 1.56. The summed E-state index contributed by atoms with van der Waals surface area (Å²) in [5.74, 6) is -0.253. The van der Waals surface area contributed by atoms with Gasteiger partial charge in [-0.05, 0) is 42.0 Å². The molecule has 1 spiro atoms. The molecule has 2 aliphatic heterocycles. The van der Waals surface area contributed by atoms with Crippen LogP contribution in [-0.4, -0.2) is 35.2 Å². The van der Waals surface area contributed by atoms with E-state index in [-0.39, 0.29) is 24.4 Å². The summed E-state index contributed by atoms with van der Waals surface area (Å²) in [5.41, 5.74) is 0.0720. The first-order valence-corrected chi connectivity index (χ1v) is 8.45. The van der Waals surface area contributed by atoms with E-state index in [2.05, 4.69) is 5.16 Å². The molecule has 2 aromatic carbocycles. The molecule has 0 N–H and O–H groups in total. The van der Waals surface area contributed by atoms with Gasteiger partial charge in [0.15, 0.2) is 0 Å². The van der Waals surface area contributed by atoms with Crippen molar-refractivity contribution >= 4 is 28.9 Å². The summed E-state index contributed by atoms with van der Waals surface area (Å²) in [6.07, 6.45) is -0.0140. The molecule has 0 aliphatic carbocycles. The van der Waals surface area contributed by atoms with Crippen molar-refractivity contribution in [3.63, 3.8) is 0 Å². The summed E-state index contributed by atoms with van der Waals surface area (Å²) in [6, 6.07) is 12.4. The van der Waals surface area contributed by atoms with Crippen LogP contribution in [0.15, 0.2) is 53.7 Å². The highest BCUT2D eigenvalue weighted by atomic mass is 16.7. The number of hydrogen-bond acceptors (Lipinski definition) is 7. The van der Waals surface area contributed by atoms with Crippen molar-refractivity contribution in [2.45, 2.75) is 18.4 Å². The Morgan fingerprint density at radius 2 is 1.79 bits per heavy atom. The Morgan fingerprint density at radius 1 is 1.11 bits per heavy atom. The zero-order valence-electron chi connectivity index (χ0n) is 14.8. The van der Waals surface area contributed by atoms with Gasteiger partial charge in [0.2, 0.25) is 11.5 Å². The molecule has 28 heavy (non-hydrogen) atoms. The first kappa shape index (κ1) is 17.7. The minimum absolute atomic E-state index is 0.0456. The largest absolute Gasteiger partial charge is 0.497 e. The molecule has 0 unspecified atom stereocenters. The first-order valence-electron chi connectivity index (χ1n) is 8.45. The fourth-order valence-electron chi connectivity index (χ4n) is 3.33. The highest BCUT2D eigenvalue weighted by Crippen LogP contribution is 2.39. The molecule has 0 radical (unpaired) electrons. The molecule has 1 saturated heterocycles. The van der Waals surface area contributed by atoms with Crippen molar-refractivity contribution in [3.05, 3.63) is 64.2 Å². The molecule has 9 nitrogen and oxygen atoms in total. The Hall–Kier alpha value is -3.75. The molecule has 142 valence electrons. The summed E-state index contributed by atoms with van der Waals surface area (Å²) in [7, 11) is 1.53. The minimum atomic E-state index is -1.38. The summed E-state index contributed by atoms with van der Waals surface area (Å²) in [6.45, 7) is 0. The lowest BCUT2D eigenvalue weighted by molar-refractivity contribution is -0.384. The minimum Gasteiger partial charge on any atom is -0.497 e. The molecule has 2 aliphatic rings. The number of carbonyl (C=O) groups is 2. The van der Waals surface area contributed by atoms with E-state index in [4.69, 9.17) is 9.57 Å². The molecule has 2 aromatic rings. The molecule has 0 bridgehead atoms. The van der Waals surface area contributed by atoms with Gasteiger partial charge in [-0.15, -0.1) is 0 Å². The lowest BCUT2D eigenvalue weighted by Crippen LogP contribution is -2.40. The zero-order chi connectivity index (χ0) is 19.9. The molecule has 2 amide bonds. The fourth-order valence-corrected chi connectivity index (χ4v) is 3.33. The fraction of sp³-hybridized carbons (Fsp3) is 0.211. The number of nitrogens with zero attached hydrogens (tertiary/aromatic N) is 3. The number of rotatable bonds is 4. The number of nitro groups is 1. The SMILES string of the molecule is COc1ccc(N2C(=O)C[C@@]3(CC(c4ccc([N+](=O)[O-])cc4)=NO3)C2=O)cc1. The second-order valence-corrected chi connectivity index (χ2v) is 6.51. The molecular formula is C19H15N3O6. The lowest BCUT2D eigenvalue weighted by Gasteiger charge is -2.19. The second-order valence-electron chi connectivity index (χ2n) is 6.51. The van der Waals surface area contributed by atoms with Gasteiger partial charge in [-0.2, -0.15) is 0 Å². The predicted octanol–water partition coefficient (Wildman–Crippen LogP) is 2.43. The van der Waals surface area contributed by atoms with Crippen LogP contribution in [0.2, 0.25) is 0 Å². The van der Waals surface area contributed by atoms with Crippen LogP contribution >= 0.6 is 0 Å². The highest BCUT2D eigenvalue weighted by molar-refractivity contribution is 6.25. The van der Waals surface area contributed by atoms with Crippen molar-refractivity contribution in [1.82, 2.24) is 0 Å². The van der Waals surface area contributed by atoms with E-state index < -0.39 is 16.4 Å². The Labute approximate surface area is 159 Å². The number of amides is 2. The molecule has 1 atom stereocenters. The molecule has 0 aromatic heterocycles. The number of anilines is 1. The first-order chi connectivity index (χ1) is 13.4. The van der Waals surface area contributed by atoms with Crippen LogP contribution in [0.4, 0.5) is 11.4 Å².